The minimum atomic E-state index is -1.08. The van der Waals surface area contributed by atoms with E-state index in [4.69, 9.17) is 9.52 Å². The number of aryl methyl sites for hydroxylation is 1. The highest BCUT2D eigenvalue weighted by atomic mass is 16.4. The molecular formula is C14H14N4O3. The monoisotopic (exact) mass is 286 g/mol. The first-order chi connectivity index (χ1) is 10.0. The lowest BCUT2D eigenvalue weighted by molar-refractivity contribution is 0.0660. The van der Waals surface area contributed by atoms with Gasteiger partial charge in [-0.15, -0.1) is 0 Å². The van der Waals surface area contributed by atoms with E-state index in [2.05, 4.69) is 10.2 Å². The molecule has 3 aromatic heterocycles. The number of carboxylic acids is 1. The first-order valence-corrected chi connectivity index (χ1v) is 6.39. The quantitative estimate of drug-likeness (QED) is 0.792. The highest BCUT2D eigenvalue weighted by Gasteiger charge is 2.12. The standard InChI is InChI=1S/C14H14N4O3/c1-9-11(7-15-17(9)2)12-5-6-18(16-12)8-10-3-4-13(21-10)14(19)20/h3-7H,8H2,1-2H3,(H,19,20). The minimum absolute atomic E-state index is 0.0690. The van der Waals surface area contributed by atoms with Gasteiger partial charge in [0.1, 0.15) is 5.76 Å². The zero-order valence-corrected chi connectivity index (χ0v) is 11.6. The van der Waals surface area contributed by atoms with Crippen LogP contribution in [0.2, 0.25) is 0 Å². The van der Waals surface area contributed by atoms with Crippen LogP contribution >= 0.6 is 0 Å². The third kappa shape index (κ3) is 2.45. The molecule has 0 saturated heterocycles. The molecule has 0 bridgehead atoms. The van der Waals surface area contributed by atoms with E-state index >= 15 is 0 Å². The molecule has 0 radical (unpaired) electrons. The first-order valence-electron chi connectivity index (χ1n) is 6.39. The Bertz CT molecular complexity index is 797. The Morgan fingerprint density at radius 3 is 2.81 bits per heavy atom. The summed E-state index contributed by atoms with van der Waals surface area (Å²) in [6.45, 7) is 2.36. The predicted molar refractivity (Wildman–Crippen MR) is 73.9 cm³/mol. The third-order valence-corrected chi connectivity index (χ3v) is 3.34. The lowest BCUT2D eigenvalue weighted by atomic mass is 10.2. The highest BCUT2D eigenvalue weighted by Crippen LogP contribution is 2.20. The van der Waals surface area contributed by atoms with Gasteiger partial charge >= 0.3 is 5.97 Å². The fraction of sp³-hybridized carbons (Fsp3) is 0.214. The minimum Gasteiger partial charge on any atom is -0.475 e. The third-order valence-electron chi connectivity index (χ3n) is 3.34. The van der Waals surface area contributed by atoms with E-state index in [1.54, 1.807) is 21.6 Å². The van der Waals surface area contributed by atoms with Crippen molar-refractivity contribution in [1.29, 1.82) is 0 Å². The van der Waals surface area contributed by atoms with Crippen LogP contribution in [0.5, 0.6) is 0 Å². The maximum absolute atomic E-state index is 10.8. The summed E-state index contributed by atoms with van der Waals surface area (Å²) in [5, 5.41) is 17.5. The molecule has 0 aliphatic heterocycles. The summed E-state index contributed by atoms with van der Waals surface area (Å²) in [4.78, 5) is 10.8. The van der Waals surface area contributed by atoms with Crippen LogP contribution in [-0.4, -0.2) is 30.6 Å². The van der Waals surface area contributed by atoms with Gasteiger partial charge in [0.15, 0.2) is 0 Å². The predicted octanol–water partition coefficient (Wildman–Crippen LogP) is 1.93. The summed E-state index contributed by atoms with van der Waals surface area (Å²) >= 11 is 0. The number of aromatic carboxylic acids is 1. The second kappa shape index (κ2) is 4.93. The van der Waals surface area contributed by atoms with Gasteiger partial charge in [0.25, 0.3) is 0 Å². The van der Waals surface area contributed by atoms with Gasteiger partial charge < -0.3 is 9.52 Å². The van der Waals surface area contributed by atoms with Gasteiger partial charge in [-0.1, -0.05) is 0 Å². The Labute approximate surface area is 120 Å². The molecule has 0 aromatic carbocycles. The zero-order chi connectivity index (χ0) is 15.0. The average Bonchev–Trinajstić information content (AvgIpc) is 3.14. The Kier molecular flexibility index (Phi) is 3.09. The summed E-state index contributed by atoms with van der Waals surface area (Å²) < 4.78 is 8.71. The molecule has 0 spiro atoms. The molecule has 3 aromatic rings. The molecule has 0 fully saturated rings. The number of hydrogen-bond donors (Lipinski definition) is 1. The summed E-state index contributed by atoms with van der Waals surface area (Å²) in [6, 6.07) is 4.97. The number of aromatic nitrogens is 4. The van der Waals surface area contributed by atoms with Crippen molar-refractivity contribution in [2.24, 2.45) is 7.05 Å². The van der Waals surface area contributed by atoms with Crippen LogP contribution in [-0.2, 0) is 13.6 Å². The van der Waals surface area contributed by atoms with Crippen molar-refractivity contribution >= 4 is 5.97 Å². The molecule has 108 valence electrons. The fourth-order valence-electron chi connectivity index (χ4n) is 2.08. The fourth-order valence-corrected chi connectivity index (χ4v) is 2.08. The molecular weight excluding hydrogens is 272 g/mol. The number of nitrogens with zero attached hydrogens (tertiary/aromatic N) is 4. The lowest BCUT2D eigenvalue weighted by Crippen LogP contribution is -2.00. The van der Waals surface area contributed by atoms with Crippen LogP contribution in [0.3, 0.4) is 0 Å². The Balaban J connectivity index is 1.81. The van der Waals surface area contributed by atoms with Gasteiger partial charge in [0.2, 0.25) is 5.76 Å². The van der Waals surface area contributed by atoms with E-state index in [0.29, 0.717) is 12.3 Å². The van der Waals surface area contributed by atoms with E-state index in [0.717, 1.165) is 17.0 Å². The lowest BCUT2D eigenvalue weighted by Gasteiger charge is -1.98. The average molecular weight is 286 g/mol. The Morgan fingerprint density at radius 1 is 1.38 bits per heavy atom. The molecule has 0 unspecified atom stereocenters. The molecule has 0 atom stereocenters. The van der Waals surface area contributed by atoms with E-state index < -0.39 is 5.97 Å². The van der Waals surface area contributed by atoms with E-state index in [1.165, 1.54) is 6.07 Å². The molecule has 0 saturated carbocycles. The Morgan fingerprint density at radius 2 is 2.19 bits per heavy atom. The van der Waals surface area contributed by atoms with Crippen LogP contribution in [0.25, 0.3) is 11.3 Å². The number of carboxylic acid groups (broad SMARTS) is 1. The molecule has 1 N–H and O–H groups in total. The van der Waals surface area contributed by atoms with Crippen LogP contribution in [0, 0.1) is 6.92 Å². The van der Waals surface area contributed by atoms with Gasteiger partial charge in [0.05, 0.1) is 18.4 Å². The first kappa shape index (κ1) is 13.2. The summed E-state index contributed by atoms with van der Waals surface area (Å²) in [5.74, 6) is -0.598. The van der Waals surface area contributed by atoms with Gasteiger partial charge in [-0.2, -0.15) is 10.2 Å². The van der Waals surface area contributed by atoms with Gasteiger partial charge in [-0.25, -0.2) is 4.79 Å². The molecule has 21 heavy (non-hydrogen) atoms. The van der Waals surface area contributed by atoms with Crippen LogP contribution in [0.4, 0.5) is 0 Å². The molecule has 0 aliphatic rings. The second-order valence-corrected chi connectivity index (χ2v) is 4.74. The largest absolute Gasteiger partial charge is 0.475 e. The van der Waals surface area contributed by atoms with Gasteiger partial charge in [0, 0.05) is 24.5 Å². The number of hydrogen-bond acceptors (Lipinski definition) is 4. The normalized spacial score (nSPS) is 11.0. The molecule has 3 heterocycles. The summed E-state index contributed by atoms with van der Waals surface area (Å²) in [7, 11) is 1.88. The van der Waals surface area contributed by atoms with Gasteiger partial charge in [-0.05, 0) is 25.1 Å². The smallest absolute Gasteiger partial charge is 0.371 e. The van der Waals surface area contributed by atoms with Crippen LogP contribution in [0.15, 0.2) is 35.0 Å². The van der Waals surface area contributed by atoms with E-state index in [1.807, 2.05) is 26.2 Å². The van der Waals surface area contributed by atoms with Crippen LogP contribution < -0.4 is 0 Å². The summed E-state index contributed by atoms with van der Waals surface area (Å²) in [6.07, 6.45) is 3.60. The van der Waals surface area contributed by atoms with Crippen molar-refractivity contribution in [1.82, 2.24) is 19.6 Å². The SMILES string of the molecule is Cc1c(-c2ccn(Cc3ccc(C(=O)O)o3)n2)cnn1C. The maximum Gasteiger partial charge on any atom is 0.371 e. The maximum atomic E-state index is 10.8. The van der Waals surface area contributed by atoms with Crippen LogP contribution in [0.1, 0.15) is 22.0 Å². The molecule has 7 nitrogen and oxygen atoms in total. The molecule has 3 rings (SSSR count). The highest BCUT2D eigenvalue weighted by molar-refractivity contribution is 5.84. The second-order valence-electron chi connectivity index (χ2n) is 4.74. The number of furan rings is 1. The Hall–Kier alpha value is -2.83. The molecule has 0 aliphatic carbocycles. The van der Waals surface area contributed by atoms with Crippen molar-refractivity contribution in [2.75, 3.05) is 0 Å². The van der Waals surface area contributed by atoms with Crippen molar-refractivity contribution < 1.29 is 14.3 Å². The van der Waals surface area contributed by atoms with Crippen molar-refractivity contribution in [3.05, 3.63) is 47.8 Å². The van der Waals surface area contributed by atoms with E-state index in [9.17, 15) is 4.79 Å². The zero-order valence-electron chi connectivity index (χ0n) is 11.6. The number of rotatable bonds is 4. The van der Waals surface area contributed by atoms with Crippen molar-refractivity contribution in [3.63, 3.8) is 0 Å². The van der Waals surface area contributed by atoms with E-state index in [-0.39, 0.29) is 5.76 Å². The van der Waals surface area contributed by atoms with Gasteiger partial charge in [-0.3, -0.25) is 9.36 Å². The van der Waals surface area contributed by atoms with Crippen molar-refractivity contribution in [2.45, 2.75) is 13.5 Å². The summed E-state index contributed by atoms with van der Waals surface area (Å²) in [5.41, 5.74) is 2.83. The molecule has 0 amide bonds. The molecule has 7 heteroatoms. The topological polar surface area (TPSA) is 86.1 Å². The number of carbonyl (C=O) groups is 1. The van der Waals surface area contributed by atoms with Crippen molar-refractivity contribution in [3.8, 4) is 11.3 Å².